The van der Waals surface area contributed by atoms with E-state index in [9.17, 15) is 0 Å². The van der Waals surface area contributed by atoms with Crippen LogP contribution in [-0.2, 0) is 27.2 Å². The Morgan fingerprint density at radius 1 is 0.581 bits per heavy atom. The zero-order chi connectivity index (χ0) is 33.9. The van der Waals surface area contributed by atoms with Crippen molar-refractivity contribution in [3.05, 3.63) is 0 Å². The summed E-state index contributed by atoms with van der Waals surface area (Å²) in [6.45, 7) is 47.4. The Labute approximate surface area is 271 Å². The van der Waals surface area contributed by atoms with Crippen LogP contribution in [0.5, 0.6) is 0 Å². The zero-order valence-electron chi connectivity index (χ0n) is 32.1. The molecule has 2 saturated heterocycles. The summed E-state index contributed by atoms with van der Waals surface area (Å²) >= 11 is 0. The largest absolute Gasteiger partial charge is 0.414 e. The van der Waals surface area contributed by atoms with Crippen LogP contribution in [0.3, 0.4) is 0 Å². The van der Waals surface area contributed by atoms with Gasteiger partial charge in [0.05, 0.1) is 13.2 Å². The molecule has 0 aromatic carbocycles. The molecule has 2 fully saturated rings. The minimum Gasteiger partial charge on any atom is -0.414 e. The standard InChI is InChI=1S/C33H72O6Si4/c1-29(2,3)40(13,14)35-24-25-26(37-41(15,16)30(4,5)6)27(38-42(17,18)31(7,8)9)28(33(36-25)22-21-23-34-33)39-43(19,20)32(10,11)12/h25-28H,21-24H2,1-20H3/t25-,26-,27+,28-,33+/m1/s1. The molecule has 0 aromatic heterocycles. The summed E-state index contributed by atoms with van der Waals surface area (Å²) < 4.78 is 43.2. The van der Waals surface area contributed by atoms with Gasteiger partial charge in [0, 0.05) is 6.42 Å². The van der Waals surface area contributed by atoms with Crippen LogP contribution in [0, 0.1) is 0 Å². The van der Waals surface area contributed by atoms with Gasteiger partial charge in [0.2, 0.25) is 0 Å². The highest BCUT2D eigenvalue weighted by Crippen LogP contribution is 2.50. The number of ether oxygens (including phenoxy) is 2. The van der Waals surface area contributed by atoms with Crippen LogP contribution in [0.4, 0.5) is 0 Å². The maximum atomic E-state index is 7.53. The van der Waals surface area contributed by atoms with Crippen LogP contribution in [0.2, 0.25) is 72.5 Å². The van der Waals surface area contributed by atoms with Crippen molar-refractivity contribution in [2.45, 2.75) is 199 Å². The molecule has 2 aliphatic heterocycles. The lowest BCUT2D eigenvalue weighted by Crippen LogP contribution is -2.72. The first-order valence-electron chi connectivity index (χ1n) is 16.8. The monoisotopic (exact) mass is 676 g/mol. The summed E-state index contributed by atoms with van der Waals surface area (Å²) in [4.78, 5) is 0. The summed E-state index contributed by atoms with van der Waals surface area (Å²) in [5.74, 6) is -0.878. The summed E-state index contributed by atoms with van der Waals surface area (Å²) in [7, 11) is -8.86. The molecular weight excluding hydrogens is 605 g/mol. The van der Waals surface area contributed by atoms with Crippen LogP contribution in [0.15, 0.2) is 0 Å². The van der Waals surface area contributed by atoms with E-state index in [1.54, 1.807) is 0 Å². The Balaban J connectivity index is 2.81. The van der Waals surface area contributed by atoms with Gasteiger partial charge in [0.25, 0.3) is 0 Å². The van der Waals surface area contributed by atoms with E-state index in [2.05, 4.69) is 135 Å². The van der Waals surface area contributed by atoms with Gasteiger partial charge in [-0.25, -0.2) is 0 Å². The maximum Gasteiger partial charge on any atom is 0.196 e. The van der Waals surface area contributed by atoms with E-state index < -0.39 is 39.1 Å². The normalized spacial score (nSPS) is 29.0. The summed E-state index contributed by atoms with van der Waals surface area (Å²) in [5.41, 5.74) is 0. The van der Waals surface area contributed by atoms with Gasteiger partial charge >= 0.3 is 0 Å². The molecule has 43 heavy (non-hydrogen) atoms. The van der Waals surface area contributed by atoms with Crippen molar-refractivity contribution in [1.29, 1.82) is 0 Å². The Hall–Kier alpha value is 0.628. The molecule has 0 bridgehead atoms. The Kier molecular flexibility index (Phi) is 11.6. The third-order valence-corrected chi connectivity index (χ3v) is 29.8. The van der Waals surface area contributed by atoms with Crippen molar-refractivity contribution in [3.63, 3.8) is 0 Å². The molecule has 0 aliphatic carbocycles. The fourth-order valence-electron chi connectivity index (χ4n) is 4.57. The minimum absolute atomic E-state index is 0.0190. The van der Waals surface area contributed by atoms with E-state index in [1.165, 1.54) is 0 Å². The summed E-state index contributed by atoms with van der Waals surface area (Å²) in [5, 5.41) is 0.149. The van der Waals surface area contributed by atoms with Crippen LogP contribution in [-0.4, -0.2) is 76.7 Å². The molecule has 0 radical (unpaired) electrons. The van der Waals surface area contributed by atoms with Gasteiger partial charge in [0.15, 0.2) is 39.1 Å². The lowest BCUT2D eigenvalue weighted by atomic mass is 9.91. The fourth-order valence-corrected chi connectivity index (χ4v) is 9.50. The molecule has 2 heterocycles. The Morgan fingerprint density at radius 3 is 1.35 bits per heavy atom. The minimum atomic E-state index is -2.28. The van der Waals surface area contributed by atoms with Crippen molar-refractivity contribution in [2.75, 3.05) is 13.2 Å². The van der Waals surface area contributed by atoms with Gasteiger partial charge in [-0.1, -0.05) is 83.1 Å². The topological polar surface area (TPSA) is 55.4 Å². The zero-order valence-corrected chi connectivity index (χ0v) is 36.1. The molecule has 0 aromatic rings. The molecule has 6 nitrogen and oxygen atoms in total. The lowest BCUT2D eigenvalue weighted by Gasteiger charge is -2.57. The lowest BCUT2D eigenvalue weighted by molar-refractivity contribution is -0.341. The van der Waals surface area contributed by atoms with E-state index in [0.29, 0.717) is 13.2 Å². The van der Waals surface area contributed by atoms with Crippen LogP contribution >= 0.6 is 0 Å². The van der Waals surface area contributed by atoms with Gasteiger partial charge in [-0.3, -0.25) is 0 Å². The summed E-state index contributed by atoms with van der Waals surface area (Å²) in [6.07, 6.45) is 0.355. The molecular formula is C33H72O6Si4. The second kappa shape index (κ2) is 12.6. The molecule has 5 atom stereocenters. The third-order valence-electron chi connectivity index (χ3n) is 11.9. The molecule has 1 spiro atoms. The Bertz CT molecular complexity index is 931. The smallest absolute Gasteiger partial charge is 0.196 e. The SMILES string of the molecule is CC(C)(C)[Si](C)(C)OC[C@H]1O[C@@]2(CCCO2)[C@H](O[Si](C)(C)C(C)(C)C)[C@@H](O[Si](C)(C)C(C)(C)C)[C@@H]1O[Si](C)(C)C(C)(C)C. The van der Waals surface area contributed by atoms with Crippen LogP contribution in [0.25, 0.3) is 0 Å². The molecule has 2 aliphatic rings. The quantitative estimate of drug-likeness (QED) is 0.227. The highest BCUT2D eigenvalue weighted by atomic mass is 28.4. The second-order valence-electron chi connectivity index (χ2n) is 19.5. The average Bonchev–Trinajstić information content (AvgIpc) is 3.22. The third kappa shape index (κ3) is 8.76. The van der Waals surface area contributed by atoms with Gasteiger partial charge in [-0.15, -0.1) is 0 Å². The Morgan fingerprint density at radius 2 is 0.977 bits per heavy atom. The van der Waals surface area contributed by atoms with Gasteiger partial charge in [-0.05, 0) is 78.9 Å². The van der Waals surface area contributed by atoms with E-state index in [4.69, 9.17) is 27.2 Å². The number of hydrogen-bond acceptors (Lipinski definition) is 6. The van der Waals surface area contributed by atoms with Crippen molar-refractivity contribution >= 4 is 33.3 Å². The predicted octanol–water partition coefficient (Wildman–Crippen LogP) is 10.1. The molecule has 2 rings (SSSR count). The molecule has 0 amide bonds. The van der Waals surface area contributed by atoms with Crippen molar-refractivity contribution in [3.8, 4) is 0 Å². The van der Waals surface area contributed by atoms with E-state index in [-0.39, 0.29) is 44.6 Å². The molecule has 10 heteroatoms. The van der Waals surface area contributed by atoms with Gasteiger partial charge < -0.3 is 27.2 Å². The number of rotatable bonds is 9. The first kappa shape index (κ1) is 39.8. The first-order chi connectivity index (χ1) is 18.8. The molecule has 0 unspecified atom stereocenters. The van der Waals surface area contributed by atoms with Crippen molar-refractivity contribution in [1.82, 2.24) is 0 Å². The van der Waals surface area contributed by atoms with E-state index in [0.717, 1.165) is 12.8 Å². The van der Waals surface area contributed by atoms with Gasteiger partial charge in [0.1, 0.15) is 24.4 Å². The molecule has 0 N–H and O–H groups in total. The highest BCUT2D eigenvalue weighted by molar-refractivity contribution is 6.75. The van der Waals surface area contributed by atoms with E-state index in [1.807, 2.05) is 0 Å². The van der Waals surface area contributed by atoms with Gasteiger partial charge in [-0.2, -0.15) is 0 Å². The maximum absolute atomic E-state index is 7.53. The van der Waals surface area contributed by atoms with E-state index >= 15 is 0 Å². The first-order valence-corrected chi connectivity index (χ1v) is 28.4. The summed E-state index contributed by atoms with van der Waals surface area (Å²) in [6, 6.07) is 0. The fraction of sp³-hybridized carbons (Fsp3) is 1.00. The number of hydrogen-bond donors (Lipinski definition) is 0. The van der Waals surface area contributed by atoms with Crippen molar-refractivity contribution in [2.24, 2.45) is 0 Å². The predicted molar refractivity (Wildman–Crippen MR) is 192 cm³/mol. The van der Waals surface area contributed by atoms with Crippen LogP contribution in [0.1, 0.15) is 95.9 Å². The van der Waals surface area contributed by atoms with Crippen LogP contribution < -0.4 is 0 Å². The average molecular weight is 677 g/mol. The second-order valence-corrected chi connectivity index (χ2v) is 38.6. The molecule has 256 valence electrons. The molecule has 0 saturated carbocycles. The van der Waals surface area contributed by atoms with Crippen molar-refractivity contribution < 1.29 is 27.2 Å². The highest BCUT2D eigenvalue weighted by Gasteiger charge is 2.63.